The molecule has 0 radical (unpaired) electrons. The first-order valence-electron chi connectivity index (χ1n) is 3.93. The van der Waals surface area contributed by atoms with Gasteiger partial charge in [-0.05, 0) is 18.2 Å². The van der Waals surface area contributed by atoms with Crippen molar-refractivity contribution in [2.75, 3.05) is 0 Å². The highest BCUT2D eigenvalue weighted by Gasteiger charge is 2.14. The highest BCUT2D eigenvalue weighted by atomic mass is 35.5. The van der Waals surface area contributed by atoms with Gasteiger partial charge in [0.05, 0.1) is 6.42 Å². The van der Waals surface area contributed by atoms with Crippen molar-refractivity contribution in [3.8, 4) is 0 Å². The Morgan fingerprint density at radius 1 is 1.60 bits per heavy atom. The lowest BCUT2D eigenvalue weighted by Crippen LogP contribution is -2.16. The highest BCUT2D eigenvalue weighted by Crippen LogP contribution is 2.21. The van der Waals surface area contributed by atoms with Crippen LogP contribution >= 0.6 is 24.0 Å². The number of carboxylic acids is 1. The first-order valence-corrected chi connectivity index (χ1v) is 4.31. The number of benzene rings is 1. The molecular weight excluding hydrogens is 244 g/mol. The Bertz CT molecular complexity index is 360. The Hall–Kier alpha value is -0.840. The maximum atomic E-state index is 13.1. The SMILES string of the molecule is Cl.NC(CC(=O)O)c1cc(Cl)ccc1F. The molecule has 3 nitrogen and oxygen atoms in total. The Labute approximate surface area is 97.4 Å². The van der Waals surface area contributed by atoms with E-state index >= 15 is 0 Å². The molecular formula is C9H10Cl2FNO2. The molecule has 3 N–H and O–H groups in total. The molecule has 6 heteroatoms. The fraction of sp³-hybridized carbons (Fsp3) is 0.222. The van der Waals surface area contributed by atoms with Gasteiger partial charge in [-0.25, -0.2) is 4.39 Å². The van der Waals surface area contributed by atoms with E-state index in [0.717, 1.165) is 0 Å². The second-order valence-electron chi connectivity index (χ2n) is 2.87. The number of aliphatic carboxylic acids is 1. The number of hydrogen-bond donors (Lipinski definition) is 2. The van der Waals surface area contributed by atoms with Crippen molar-refractivity contribution in [2.24, 2.45) is 5.73 Å². The van der Waals surface area contributed by atoms with Crippen LogP contribution in [-0.4, -0.2) is 11.1 Å². The van der Waals surface area contributed by atoms with Gasteiger partial charge in [0.15, 0.2) is 0 Å². The van der Waals surface area contributed by atoms with E-state index in [2.05, 4.69) is 0 Å². The smallest absolute Gasteiger partial charge is 0.305 e. The normalized spacial score (nSPS) is 11.7. The molecule has 1 atom stereocenters. The minimum absolute atomic E-state index is 0. The Morgan fingerprint density at radius 3 is 2.73 bits per heavy atom. The van der Waals surface area contributed by atoms with E-state index in [1.54, 1.807) is 0 Å². The Kier molecular flexibility index (Phi) is 5.57. The molecule has 84 valence electrons. The zero-order valence-electron chi connectivity index (χ0n) is 7.61. The number of carbonyl (C=O) groups is 1. The molecule has 0 aliphatic rings. The Balaban J connectivity index is 0.00000196. The largest absolute Gasteiger partial charge is 0.481 e. The molecule has 0 fully saturated rings. The fourth-order valence-corrected chi connectivity index (χ4v) is 1.28. The second kappa shape index (κ2) is 5.90. The molecule has 0 aliphatic carbocycles. The Morgan fingerprint density at radius 2 is 2.20 bits per heavy atom. The number of nitrogens with two attached hydrogens (primary N) is 1. The maximum Gasteiger partial charge on any atom is 0.305 e. The fourth-order valence-electron chi connectivity index (χ4n) is 1.10. The van der Waals surface area contributed by atoms with E-state index < -0.39 is 17.8 Å². The molecule has 1 aromatic rings. The minimum Gasteiger partial charge on any atom is -0.481 e. The van der Waals surface area contributed by atoms with Gasteiger partial charge in [-0.3, -0.25) is 4.79 Å². The standard InChI is InChI=1S/C9H9ClFNO2.ClH/c10-5-1-2-7(11)6(3-5)8(12)4-9(13)14;/h1-3,8H,4,12H2,(H,13,14);1H. The maximum absolute atomic E-state index is 13.1. The number of halogens is 3. The van der Waals surface area contributed by atoms with Gasteiger partial charge < -0.3 is 10.8 Å². The van der Waals surface area contributed by atoms with Crippen molar-refractivity contribution in [3.63, 3.8) is 0 Å². The van der Waals surface area contributed by atoms with Crippen LogP contribution in [0.1, 0.15) is 18.0 Å². The summed E-state index contributed by atoms with van der Waals surface area (Å²) in [6.07, 6.45) is -0.322. The summed E-state index contributed by atoms with van der Waals surface area (Å²) >= 11 is 5.63. The van der Waals surface area contributed by atoms with Gasteiger partial charge in [-0.2, -0.15) is 0 Å². The molecule has 1 unspecified atom stereocenters. The van der Waals surface area contributed by atoms with E-state index in [1.807, 2.05) is 0 Å². The van der Waals surface area contributed by atoms with Gasteiger partial charge in [0, 0.05) is 16.6 Å². The summed E-state index contributed by atoms with van der Waals surface area (Å²) in [6, 6.07) is 3.02. The van der Waals surface area contributed by atoms with Crippen LogP contribution in [0.15, 0.2) is 18.2 Å². The summed E-state index contributed by atoms with van der Waals surface area (Å²) in [5, 5.41) is 8.81. The molecule has 0 heterocycles. The predicted octanol–water partition coefficient (Wildman–Crippen LogP) is 2.38. The molecule has 0 bridgehead atoms. The summed E-state index contributed by atoms with van der Waals surface area (Å²) in [4.78, 5) is 10.3. The van der Waals surface area contributed by atoms with Crippen LogP contribution in [0.4, 0.5) is 4.39 Å². The highest BCUT2D eigenvalue weighted by molar-refractivity contribution is 6.30. The van der Waals surface area contributed by atoms with Crippen LogP contribution in [0.3, 0.4) is 0 Å². The molecule has 0 aliphatic heterocycles. The van der Waals surface area contributed by atoms with E-state index in [9.17, 15) is 9.18 Å². The first-order chi connectivity index (χ1) is 6.50. The molecule has 0 aromatic heterocycles. The lowest BCUT2D eigenvalue weighted by atomic mass is 10.0. The van der Waals surface area contributed by atoms with Crippen molar-refractivity contribution in [3.05, 3.63) is 34.6 Å². The molecule has 1 aromatic carbocycles. The monoisotopic (exact) mass is 253 g/mol. The van der Waals surface area contributed by atoms with Gasteiger partial charge in [0.2, 0.25) is 0 Å². The number of hydrogen-bond acceptors (Lipinski definition) is 2. The van der Waals surface area contributed by atoms with Crippen molar-refractivity contribution in [1.82, 2.24) is 0 Å². The van der Waals surface area contributed by atoms with Gasteiger partial charge >= 0.3 is 5.97 Å². The van der Waals surface area contributed by atoms with E-state index in [4.69, 9.17) is 22.4 Å². The molecule has 0 spiro atoms. The summed E-state index contributed by atoms with van der Waals surface area (Å²) in [5.41, 5.74) is 5.61. The molecule has 0 saturated heterocycles. The first kappa shape index (κ1) is 14.2. The lowest BCUT2D eigenvalue weighted by Gasteiger charge is -2.10. The molecule has 0 amide bonds. The lowest BCUT2D eigenvalue weighted by molar-refractivity contribution is -0.137. The summed E-state index contributed by atoms with van der Waals surface area (Å²) < 4.78 is 13.1. The van der Waals surface area contributed by atoms with Gasteiger partial charge in [0.1, 0.15) is 5.82 Å². The second-order valence-corrected chi connectivity index (χ2v) is 3.31. The van der Waals surface area contributed by atoms with Gasteiger partial charge in [-0.1, -0.05) is 11.6 Å². The van der Waals surface area contributed by atoms with Crippen molar-refractivity contribution >= 4 is 30.0 Å². The quantitative estimate of drug-likeness (QED) is 0.870. The van der Waals surface area contributed by atoms with Crippen LogP contribution in [0.25, 0.3) is 0 Å². The van der Waals surface area contributed by atoms with E-state index in [1.165, 1.54) is 18.2 Å². The topological polar surface area (TPSA) is 63.3 Å². The van der Waals surface area contributed by atoms with Crippen molar-refractivity contribution < 1.29 is 14.3 Å². The third-order valence-corrected chi connectivity index (χ3v) is 1.99. The molecule has 15 heavy (non-hydrogen) atoms. The van der Waals surface area contributed by atoms with Crippen LogP contribution < -0.4 is 5.73 Å². The van der Waals surface area contributed by atoms with Crippen LogP contribution in [0.5, 0.6) is 0 Å². The molecule has 0 saturated carbocycles. The molecule has 1 rings (SSSR count). The average Bonchev–Trinajstić information content (AvgIpc) is 2.08. The average molecular weight is 254 g/mol. The third kappa shape index (κ3) is 4.03. The van der Waals surface area contributed by atoms with Crippen LogP contribution in [-0.2, 0) is 4.79 Å². The number of rotatable bonds is 3. The van der Waals surface area contributed by atoms with E-state index in [0.29, 0.717) is 5.02 Å². The zero-order valence-corrected chi connectivity index (χ0v) is 9.19. The summed E-state index contributed by atoms with van der Waals surface area (Å²) in [7, 11) is 0. The predicted molar refractivity (Wildman–Crippen MR) is 57.8 cm³/mol. The summed E-state index contributed by atoms with van der Waals surface area (Å²) in [6.45, 7) is 0. The van der Waals surface area contributed by atoms with Crippen LogP contribution in [0.2, 0.25) is 5.02 Å². The minimum atomic E-state index is -1.07. The summed E-state index contributed by atoms with van der Waals surface area (Å²) in [5.74, 6) is -1.61. The van der Waals surface area contributed by atoms with E-state index in [-0.39, 0.29) is 24.4 Å². The zero-order chi connectivity index (χ0) is 10.7. The van der Waals surface area contributed by atoms with Crippen molar-refractivity contribution in [2.45, 2.75) is 12.5 Å². The van der Waals surface area contributed by atoms with Crippen LogP contribution in [0, 0.1) is 5.82 Å². The van der Waals surface area contributed by atoms with Gasteiger partial charge in [-0.15, -0.1) is 12.4 Å². The number of carboxylic acid groups (broad SMARTS) is 1. The van der Waals surface area contributed by atoms with Crippen molar-refractivity contribution in [1.29, 1.82) is 0 Å². The van der Waals surface area contributed by atoms with Gasteiger partial charge in [0.25, 0.3) is 0 Å². The third-order valence-electron chi connectivity index (χ3n) is 1.75.